The third kappa shape index (κ3) is 3.35. The fourth-order valence-electron chi connectivity index (χ4n) is 3.79. The Kier molecular flexibility index (Phi) is 5.03. The second kappa shape index (κ2) is 7.48. The quantitative estimate of drug-likeness (QED) is 0.674. The molecule has 4 rings (SSSR count). The lowest BCUT2D eigenvalue weighted by Gasteiger charge is -2.36. The predicted octanol–water partition coefficient (Wildman–Crippen LogP) is 2.92. The number of hydrogen-bond acceptors (Lipinski definition) is 7. The second-order valence-corrected chi connectivity index (χ2v) is 7.94. The first-order valence-corrected chi connectivity index (χ1v) is 9.92. The first-order valence-electron chi connectivity index (χ1n) is 9.10. The molecule has 7 nitrogen and oxygen atoms in total. The number of hydrogen-bond donors (Lipinski definition) is 1. The number of nitrogens with zero attached hydrogens (tertiary/aromatic N) is 4. The second-order valence-electron chi connectivity index (χ2n) is 6.93. The molecule has 0 aliphatic carbocycles. The van der Waals surface area contributed by atoms with Crippen LogP contribution in [0.4, 0.5) is 4.39 Å². The number of carbonyl (C=O) groups excluding carboxylic acids is 1. The minimum atomic E-state index is -0.344. The van der Waals surface area contributed by atoms with Gasteiger partial charge < -0.3 is 9.84 Å². The summed E-state index contributed by atoms with van der Waals surface area (Å²) in [6, 6.07) is 6.05. The van der Waals surface area contributed by atoms with Crippen molar-refractivity contribution in [2.45, 2.75) is 25.8 Å². The average Bonchev–Trinajstić information content (AvgIpc) is 3.19. The van der Waals surface area contributed by atoms with Crippen molar-refractivity contribution >= 4 is 22.3 Å². The Morgan fingerprint density at radius 1 is 1.39 bits per heavy atom. The van der Waals surface area contributed by atoms with Crippen molar-refractivity contribution in [2.75, 3.05) is 20.2 Å². The van der Waals surface area contributed by atoms with E-state index in [-0.39, 0.29) is 29.6 Å². The van der Waals surface area contributed by atoms with Gasteiger partial charge in [0.05, 0.1) is 23.9 Å². The molecule has 0 spiro atoms. The first-order chi connectivity index (χ1) is 13.5. The molecule has 0 saturated carbocycles. The zero-order valence-electron chi connectivity index (χ0n) is 15.6. The molecule has 1 aliphatic heterocycles. The van der Waals surface area contributed by atoms with Crippen LogP contribution in [-0.2, 0) is 9.53 Å². The Hall–Kier alpha value is -2.52. The first kappa shape index (κ1) is 18.8. The van der Waals surface area contributed by atoms with Crippen LogP contribution in [-0.4, -0.2) is 50.8 Å². The number of thiazole rings is 1. The molecule has 1 saturated heterocycles. The Morgan fingerprint density at radius 3 is 2.79 bits per heavy atom. The molecule has 1 N–H and O–H groups in total. The number of esters is 1. The number of aryl methyl sites for hydroxylation is 1. The van der Waals surface area contributed by atoms with Crippen LogP contribution >= 0.6 is 11.3 Å². The van der Waals surface area contributed by atoms with Crippen molar-refractivity contribution in [3.05, 3.63) is 46.3 Å². The summed E-state index contributed by atoms with van der Waals surface area (Å²) in [7, 11) is 1.40. The smallest absolute Gasteiger partial charge is 0.308 e. The monoisotopic (exact) mass is 404 g/mol. The Morgan fingerprint density at radius 2 is 2.14 bits per heavy atom. The van der Waals surface area contributed by atoms with Gasteiger partial charge in [0.2, 0.25) is 10.8 Å². The van der Waals surface area contributed by atoms with Crippen molar-refractivity contribution in [1.29, 1.82) is 0 Å². The molecule has 148 valence electrons. The summed E-state index contributed by atoms with van der Waals surface area (Å²) >= 11 is 1.34. The molecule has 1 atom stereocenters. The largest absolute Gasteiger partial charge is 0.492 e. The zero-order chi connectivity index (χ0) is 19.8. The van der Waals surface area contributed by atoms with Gasteiger partial charge in [-0.15, -0.1) is 5.10 Å². The summed E-state index contributed by atoms with van der Waals surface area (Å²) < 4.78 is 20.2. The number of aromatic nitrogens is 3. The normalized spacial score (nSPS) is 17.1. The van der Waals surface area contributed by atoms with E-state index in [1.807, 2.05) is 6.07 Å². The van der Waals surface area contributed by atoms with Crippen LogP contribution in [0.1, 0.15) is 35.1 Å². The van der Waals surface area contributed by atoms with E-state index >= 15 is 0 Å². The summed E-state index contributed by atoms with van der Waals surface area (Å²) in [5, 5.41) is 15.0. The number of halogens is 1. The van der Waals surface area contributed by atoms with Crippen LogP contribution in [0.5, 0.6) is 5.88 Å². The third-order valence-electron chi connectivity index (χ3n) is 5.15. The van der Waals surface area contributed by atoms with Gasteiger partial charge in [-0.05, 0) is 50.6 Å². The van der Waals surface area contributed by atoms with Gasteiger partial charge in [-0.25, -0.2) is 9.37 Å². The Balaban J connectivity index is 1.71. The fraction of sp³-hybridized carbons (Fsp3) is 0.421. The van der Waals surface area contributed by atoms with Crippen molar-refractivity contribution in [2.24, 2.45) is 5.92 Å². The number of likely N-dealkylation sites (tertiary alicyclic amines) is 1. The SMILES string of the molecule is COC(=O)C1CCN(C(c2cccc(F)c2)c2sc3nc(C)nn3c2O)CC1. The van der Waals surface area contributed by atoms with Crippen LogP contribution in [0.3, 0.4) is 0 Å². The van der Waals surface area contributed by atoms with Crippen molar-refractivity contribution in [3.63, 3.8) is 0 Å². The highest BCUT2D eigenvalue weighted by Gasteiger charge is 2.34. The van der Waals surface area contributed by atoms with E-state index in [0.717, 1.165) is 5.56 Å². The van der Waals surface area contributed by atoms with Gasteiger partial charge in [0, 0.05) is 0 Å². The van der Waals surface area contributed by atoms with Crippen LogP contribution in [0.15, 0.2) is 24.3 Å². The minimum absolute atomic E-state index is 0.0185. The van der Waals surface area contributed by atoms with Gasteiger partial charge in [0.25, 0.3) is 0 Å². The number of rotatable bonds is 4. The van der Waals surface area contributed by atoms with E-state index in [1.165, 1.54) is 35.1 Å². The van der Waals surface area contributed by atoms with Crippen molar-refractivity contribution in [1.82, 2.24) is 19.5 Å². The number of piperidine rings is 1. The van der Waals surface area contributed by atoms with Crippen LogP contribution in [0, 0.1) is 18.7 Å². The van der Waals surface area contributed by atoms with Gasteiger partial charge in [-0.1, -0.05) is 23.5 Å². The molecule has 9 heteroatoms. The number of carbonyl (C=O) groups is 1. The number of fused-ring (bicyclic) bond motifs is 1. The zero-order valence-corrected chi connectivity index (χ0v) is 16.4. The third-order valence-corrected chi connectivity index (χ3v) is 6.22. The van der Waals surface area contributed by atoms with Crippen LogP contribution < -0.4 is 0 Å². The highest BCUT2D eigenvalue weighted by atomic mass is 32.1. The van der Waals surface area contributed by atoms with E-state index in [0.29, 0.717) is 41.6 Å². The maximum atomic E-state index is 14.0. The van der Waals surface area contributed by atoms with Gasteiger partial charge >= 0.3 is 5.97 Å². The van der Waals surface area contributed by atoms with E-state index in [1.54, 1.807) is 13.0 Å². The molecule has 0 radical (unpaired) electrons. The average molecular weight is 404 g/mol. The maximum absolute atomic E-state index is 14.0. The molecule has 3 aromatic rings. The summed E-state index contributed by atoms with van der Waals surface area (Å²) in [5.41, 5.74) is 0.744. The standard InChI is InChI=1S/C19H21FN4O3S/c1-11-21-19-24(22-11)17(25)16(28-19)15(13-4-3-5-14(20)10-13)23-8-6-12(7-9-23)18(26)27-2/h3-5,10,12,15,25H,6-9H2,1-2H3. The lowest BCUT2D eigenvalue weighted by atomic mass is 9.93. The number of ether oxygens (including phenoxy) is 1. The summed E-state index contributed by atoms with van der Waals surface area (Å²) in [6.07, 6.45) is 1.30. The van der Waals surface area contributed by atoms with Gasteiger partial charge in [-0.3, -0.25) is 9.69 Å². The van der Waals surface area contributed by atoms with Gasteiger partial charge in [-0.2, -0.15) is 4.52 Å². The number of aromatic hydroxyl groups is 1. The highest BCUT2D eigenvalue weighted by Crippen LogP contribution is 2.41. The lowest BCUT2D eigenvalue weighted by Crippen LogP contribution is -2.39. The van der Waals surface area contributed by atoms with E-state index < -0.39 is 0 Å². The topological polar surface area (TPSA) is 80.0 Å². The van der Waals surface area contributed by atoms with Gasteiger partial charge in [0.1, 0.15) is 11.6 Å². The molecule has 1 fully saturated rings. The van der Waals surface area contributed by atoms with E-state index in [4.69, 9.17) is 4.74 Å². The Labute approximate surface area is 165 Å². The molecule has 3 heterocycles. The van der Waals surface area contributed by atoms with Crippen molar-refractivity contribution in [3.8, 4) is 5.88 Å². The van der Waals surface area contributed by atoms with Crippen LogP contribution in [0.25, 0.3) is 4.96 Å². The maximum Gasteiger partial charge on any atom is 0.308 e. The Bertz CT molecular complexity index is 1010. The molecule has 1 aliphatic rings. The van der Waals surface area contributed by atoms with Crippen LogP contribution in [0.2, 0.25) is 0 Å². The highest BCUT2D eigenvalue weighted by molar-refractivity contribution is 7.17. The molecule has 28 heavy (non-hydrogen) atoms. The molecule has 0 bridgehead atoms. The number of methoxy groups -OCH3 is 1. The molecule has 0 amide bonds. The molecule has 1 unspecified atom stereocenters. The van der Waals surface area contributed by atoms with Crippen molar-refractivity contribution < 1.29 is 19.0 Å². The predicted molar refractivity (Wildman–Crippen MR) is 102 cm³/mol. The number of benzene rings is 1. The van der Waals surface area contributed by atoms with E-state index in [2.05, 4.69) is 15.0 Å². The lowest BCUT2D eigenvalue weighted by molar-refractivity contribution is -0.147. The summed E-state index contributed by atoms with van der Waals surface area (Å²) in [5.74, 6) is -0.0620. The fourth-order valence-corrected chi connectivity index (χ4v) is 4.95. The van der Waals surface area contributed by atoms with Gasteiger partial charge in [0.15, 0.2) is 0 Å². The molecular weight excluding hydrogens is 383 g/mol. The summed E-state index contributed by atoms with van der Waals surface area (Å²) in [6.45, 7) is 3.03. The van der Waals surface area contributed by atoms with E-state index in [9.17, 15) is 14.3 Å². The molecule has 1 aromatic carbocycles. The minimum Gasteiger partial charge on any atom is -0.492 e. The molecule has 2 aromatic heterocycles. The summed E-state index contributed by atoms with van der Waals surface area (Å²) in [4.78, 5) is 19.6. The molecular formula is C19H21FN4O3S.